The summed E-state index contributed by atoms with van der Waals surface area (Å²) in [6, 6.07) is 19.0. The molecule has 264 valence electrons. The predicted octanol–water partition coefficient (Wildman–Crippen LogP) is 7.52. The largest absolute Gasteiger partial charge is 0.372 e. The molecule has 1 aliphatic heterocycles. The molecule has 0 radical (unpaired) electrons. The molecule has 11 heteroatoms. The SMILES string of the molecule is CCN(CC)CCN(C)Cc1cccc(C(=O)Nc2ccc(N3CCCCC3)cc2C(=O)Nc2cnc(-c3cccc(C(C)(F)F)c3)cn2)c1. The van der Waals surface area contributed by atoms with Gasteiger partial charge in [0.1, 0.15) is 0 Å². The molecule has 2 heterocycles. The highest BCUT2D eigenvalue weighted by Crippen LogP contribution is 2.30. The van der Waals surface area contributed by atoms with Crippen molar-refractivity contribution in [2.24, 2.45) is 0 Å². The van der Waals surface area contributed by atoms with E-state index < -0.39 is 11.8 Å². The molecule has 0 spiro atoms. The van der Waals surface area contributed by atoms with E-state index in [1.54, 1.807) is 30.3 Å². The third-order valence-electron chi connectivity index (χ3n) is 9.11. The van der Waals surface area contributed by atoms with E-state index in [-0.39, 0.29) is 22.9 Å². The van der Waals surface area contributed by atoms with Crippen molar-refractivity contribution in [1.29, 1.82) is 0 Å². The fourth-order valence-corrected chi connectivity index (χ4v) is 6.10. The van der Waals surface area contributed by atoms with Gasteiger partial charge in [0.05, 0.1) is 29.3 Å². The summed E-state index contributed by atoms with van der Waals surface area (Å²) in [6.45, 7) is 11.6. The van der Waals surface area contributed by atoms with Crippen LogP contribution in [0.5, 0.6) is 0 Å². The van der Waals surface area contributed by atoms with Gasteiger partial charge in [0, 0.05) is 62.0 Å². The van der Waals surface area contributed by atoms with Gasteiger partial charge in [0.15, 0.2) is 5.82 Å². The highest BCUT2D eigenvalue weighted by molar-refractivity contribution is 6.12. The molecular formula is C39H47F2N7O2. The average molecular weight is 684 g/mol. The van der Waals surface area contributed by atoms with Crippen LogP contribution in [0.2, 0.25) is 0 Å². The van der Waals surface area contributed by atoms with Gasteiger partial charge in [-0.05, 0) is 81.4 Å². The number of nitrogens with one attached hydrogen (secondary N) is 2. The number of hydrogen-bond donors (Lipinski definition) is 2. The van der Waals surface area contributed by atoms with Crippen LogP contribution in [0, 0.1) is 0 Å². The van der Waals surface area contributed by atoms with Crippen LogP contribution in [-0.2, 0) is 12.5 Å². The van der Waals surface area contributed by atoms with Crippen LogP contribution in [0.1, 0.15) is 71.9 Å². The van der Waals surface area contributed by atoms with Crippen LogP contribution < -0.4 is 15.5 Å². The van der Waals surface area contributed by atoms with Crippen LogP contribution in [-0.4, -0.2) is 77.9 Å². The molecule has 0 bridgehead atoms. The van der Waals surface area contributed by atoms with E-state index in [0.717, 1.165) is 70.3 Å². The molecule has 50 heavy (non-hydrogen) atoms. The highest BCUT2D eigenvalue weighted by Gasteiger charge is 2.25. The van der Waals surface area contributed by atoms with Crippen molar-refractivity contribution in [3.63, 3.8) is 0 Å². The van der Waals surface area contributed by atoms with E-state index in [9.17, 15) is 18.4 Å². The maximum Gasteiger partial charge on any atom is 0.270 e. The van der Waals surface area contributed by atoms with Gasteiger partial charge in [0.2, 0.25) is 0 Å². The number of aromatic nitrogens is 2. The summed E-state index contributed by atoms with van der Waals surface area (Å²) in [4.78, 5) is 42.9. The van der Waals surface area contributed by atoms with Gasteiger partial charge in [-0.3, -0.25) is 14.6 Å². The number of nitrogens with zero attached hydrogens (tertiary/aromatic N) is 5. The van der Waals surface area contributed by atoms with Crippen molar-refractivity contribution in [3.05, 3.63) is 101 Å². The summed E-state index contributed by atoms with van der Waals surface area (Å²) in [7, 11) is 2.08. The molecule has 9 nitrogen and oxygen atoms in total. The Kier molecular flexibility index (Phi) is 12.3. The molecule has 3 aromatic carbocycles. The van der Waals surface area contributed by atoms with E-state index in [1.165, 1.54) is 30.9 Å². The van der Waals surface area contributed by atoms with E-state index in [1.807, 2.05) is 24.3 Å². The van der Waals surface area contributed by atoms with Gasteiger partial charge in [-0.1, -0.05) is 44.2 Å². The molecule has 1 fully saturated rings. The molecule has 1 aromatic heterocycles. The first kappa shape index (κ1) is 36.5. The molecule has 0 aliphatic carbocycles. The lowest BCUT2D eigenvalue weighted by Gasteiger charge is -2.29. The monoisotopic (exact) mass is 683 g/mol. The first-order valence-electron chi connectivity index (χ1n) is 17.4. The molecule has 1 saturated heterocycles. The normalized spacial score (nSPS) is 13.5. The number of amides is 2. The van der Waals surface area contributed by atoms with E-state index >= 15 is 0 Å². The minimum atomic E-state index is -2.99. The summed E-state index contributed by atoms with van der Waals surface area (Å²) in [5, 5.41) is 5.78. The fourth-order valence-electron chi connectivity index (χ4n) is 6.10. The van der Waals surface area contributed by atoms with Crippen LogP contribution in [0.15, 0.2) is 79.1 Å². The maximum atomic E-state index is 13.9. The first-order chi connectivity index (χ1) is 24.0. The Balaban J connectivity index is 1.33. The molecule has 0 atom stereocenters. The number of carbonyl (C=O) groups is 2. The number of carbonyl (C=O) groups excluding carboxylic acids is 2. The zero-order valence-corrected chi connectivity index (χ0v) is 29.4. The predicted molar refractivity (Wildman–Crippen MR) is 196 cm³/mol. The first-order valence-corrected chi connectivity index (χ1v) is 17.4. The minimum absolute atomic E-state index is 0.123. The van der Waals surface area contributed by atoms with E-state index in [0.29, 0.717) is 29.1 Å². The van der Waals surface area contributed by atoms with Crippen molar-refractivity contribution >= 4 is 29.0 Å². The van der Waals surface area contributed by atoms with Crippen molar-refractivity contribution in [2.75, 3.05) is 61.8 Å². The van der Waals surface area contributed by atoms with Gasteiger partial charge in [-0.2, -0.15) is 0 Å². The second kappa shape index (κ2) is 16.8. The van der Waals surface area contributed by atoms with Crippen LogP contribution in [0.4, 0.5) is 26.0 Å². The Morgan fingerprint density at radius 1 is 0.860 bits per heavy atom. The Morgan fingerprint density at radius 2 is 1.62 bits per heavy atom. The summed E-state index contributed by atoms with van der Waals surface area (Å²) < 4.78 is 27.8. The fraction of sp³-hybridized carbons (Fsp3) is 0.385. The number of alkyl halides is 2. The van der Waals surface area contributed by atoms with Gasteiger partial charge >= 0.3 is 0 Å². The quantitative estimate of drug-likeness (QED) is 0.142. The summed E-state index contributed by atoms with van der Waals surface area (Å²) in [5.41, 5.74) is 3.84. The number of anilines is 3. The van der Waals surface area contributed by atoms with Crippen LogP contribution >= 0.6 is 0 Å². The van der Waals surface area contributed by atoms with Gasteiger partial charge < -0.3 is 25.3 Å². The van der Waals surface area contributed by atoms with Crippen molar-refractivity contribution in [3.8, 4) is 11.3 Å². The number of halogens is 2. The number of likely N-dealkylation sites (N-methyl/N-ethyl adjacent to an activating group) is 2. The molecule has 0 unspecified atom stereocenters. The lowest BCUT2D eigenvalue weighted by molar-refractivity contribution is 0.0175. The molecule has 2 amide bonds. The van der Waals surface area contributed by atoms with Gasteiger partial charge in [0.25, 0.3) is 17.7 Å². The second-order valence-electron chi connectivity index (χ2n) is 12.9. The standard InChI is InChI=1S/C39H47F2N7O2/c1-5-47(6-2)21-20-46(4)27-28-12-10-14-30(22-28)37(49)44-34-17-16-32(48-18-8-7-9-19-48)24-33(34)38(50)45-36-26-42-35(25-43-36)29-13-11-15-31(23-29)39(3,40)41/h10-17,22-26H,5-9,18-21,27H2,1-4H3,(H,44,49)(H,43,45,50). The molecular weight excluding hydrogens is 636 g/mol. The zero-order valence-electron chi connectivity index (χ0n) is 29.4. The van der Waals surface area contributed by atoms with Crippen molar-refractivity contribution in [1.82, 2.24) is 19.8 Å². The van der Waals surface area contributed by atoms with E-state index in [2.05, 4.69) is 56.2 Å². The summed E-state index contributed by atoms with van der Waals surface area (Å²) in [5.74, 6) is -3.58. The Hall–Kier alpha value is -4.74. The molecule has 5 rings (SSSR count). The molecule has 2 N–H and O–H groups in total. The minimum Gasteiger partial charge on any atom is -0.372 e. The topological polar surface area (TPSA) is 93.7 Å². The molecule has 0 saturated carbocycles. The second-order valence-corrected chi connectivity index (χ2v) is 12.9. The van der Waals surface area contributed by atoms with Gasteiger partial charge in [-0.25, -0.2) is 13.8 Å². The number of piperidine rings is 1. The Labute approximate surface area is 293 Å². The Morgan fingerprint density at radius 3 is 2.32 bits per heavy atom. The highest BCUT2D eigenvalue weighted by atomic mass is 19.3. The lowest BCUT2D eigenvalue weighted by Crippen LogP contribution is -2.32. The zero-order chi connectivity index (χ0) is 35.7. The van der Waals surface area contributed by atoms with E-state index in [4.69, 9.17) is 0 Å². The summed E-state index contributed by atoms with van der Waals surface area (Å²) in [6.07, 6.45) is 6.14. The lowest BCUT2D eigenvalue weighted by atomic mass is 10.0. The maximum absolute atomic E-state index is 13.9. The number of hydrogen-bond acceptors (Lipinski definition) is 7. The number of rotatable bonds is 14. The van der Waals surface area contributed by atoms with Crippen LogP contribution in [0.3, 0.4) is 0 Å². The Bertz CT molecular complexity index is 1750. The van der Waals surface area contributed by atoms with Crippen LogP contribution in [0.25, 0.3) is 11.3 Å². The smallest absolute Gasteiger partial charge is 0.270 e. The third-order valence-corrected chi connectivity index (χ3v) is 9.11. The van der Waals surface area contributed by atoms with Crippen molar-refractivity contribution < 1.29 is 18.4 Å². The van der Waals surface area contributed by atoms with Crippen molar-refractivity contribution in [2.45, 2.75) is 52.5 Å². The molecule has 4 aromatic rings. The molecule has 1 aliphatic rings. The summed E-state index contributed by atoms with van der Waals surface area (Å²) >= 11 is 0. The average Bonchev–Trinajstić information content (AvgIpc) is 3.12. The number of benzene rings is 3. The third kappa shape index (κ3) is 9.70. The van der Waals surface area contributed by atoms with Gasteiger partial charge in [-0.15, -0.1) is 0 Å².